The van der Waals surface area contributed by atoms with Crippen LogP contribution in [0.2, 0.25) is 0 Å². The molecule has 3 heteroatoms. The molecule has 0 aliphatic carbocycles. The first kappa shape index (κ1) is 9.74. The van der Waals surface area contributed by atoms with Crippen molar-refractivity contribution in [2.45, 2.75) is 25.3 Å². The number of aliphatic hydroxyl groups is 1. The molecule has 2 atom stereocenters. The molecule has 78 valence electrons. The smallest absolute Gasteiger partial charge is 0.104 e. The van der Waals surface area contributed by atoms with Gasteiger partial charge in [-0.15, -0.1) is 0 Å². The fourth-order valence-electron chi connectivity index (χ4n) is 2.15. The molecule has 1 aliphatic rings. The molecule has 2 heterocycles. The second-order valence-electron chi connectivity index (χ2n) is 4.45. The molecule has 14 heavy (non-hydrogen) atoms. The van der Waals surface area contributed by atoms with Crippen molar-refractivity contribution in [1.82, 2.24) is 5.32 Å². The first-order valence-corrected chi connectivity index (χ1v) is 5.10. The van der Waals surface area contributed by atoms with Gasteiger partial charge in [0.15, 0.2) is 0 Å². The summed E-state index contributed by atoms with van der Waals surface area (Å²) in [4.78, 5) is 0. The highest BCUT2D eigenvalue weighted by atomic mass is 16.3. The minimum atomic E-state index is -0.0861. The van der Waals surface area contributed by atoms with Crippen LogP contribution in [0.1, 0.15) is 19.1 Å². The van der Waals surface area contributed by atoms with Gasteiger partial charge in [-0.05, 0) is 37.9 Å². The average Bonchev–Trinajstić information content (AvgIpc) is 2.78. The highest BCUT2D eigenvalue weighted by Gasteiger charge is 2.34. The van der Waals surface area contributed by atoms with Gasteiger partial charge in [0.1, 0.15) is 5.76 Å². The molecule has 0 bridgehead atoms. The maximum absolute atomic E-state index is 9.18. The topological polar surface area (TPSA) is 45.4 Å². The summed E-state index contributed by atoms with van der Waals surface area (Å²) in [5.41, 5.74) is -0.0861. The van der Waals surface area contributed by atoms with Gasteiger partial charge in [0.2, 0.25) is 0 Å². The summed E-state index contributed by atoms with van der Waals surface area (Å²) < 4.78 is 5.31. The van der Waals surface area contributed by atoms with Crippen molar-refractivity contribution < 1.29 is 9.52 Å². The minimum Gasteiger partial charge on any atom is -0.469 e. The second-order valence-corrected chi connectivity index (χ2v) is 4.45. The lowest BCUT2D eigenvalue weighted by Gasteiger charge is -2.20. The third kappa shape index (κ3) is 1.99. The molecule has 1 fully saturated rings. The van der Waals surface area contributed by atoms with Crippen LogP contribution in [0.5, 0.6) is 0 Å². The van der Waals surface area contributed by atoms with E-state index in [1.807, 2.05) is 12.1 Å². The number of furan rings is 1. The van der Waals surface area contributed by atoms with Crippen LogP contribution in [0.25, 0.3) is 0 Å². The van der Waals surface area contributed by atoms with Gasteiger partial charge in [0.25, 0.3) is 0 Å². The molecule has 2 rings (SSSR count). The highest BCUT2D eigenvalue weighted by molar-refractivity contribution is 5.02. The van der Waals surface area contributed by atoms with Gasteiger partial charge in [0.05, 0.1) is 12.9 Å². The number of hydrogen-bond donors (Lipinski definition) is 2. The third-order valence-electron chi connectivity index (χ3n) is 2.98. The van der Waals surface area contributed by atoms with E-state index in [4.69, 9.17) is 4.42 Å². The predicted octanol–water partition coefficient (Wildman–Crippen LogP) is 1.18. The Bertz CT molecular complexity index is 283. The van der Waals surface area contributed by atoms with Crippen LogP contribution in [0, 0.1) is 5.92 Å². The Kier molecular flexibility index (Phi) is 2.61. The molecule has 0 spiro atoms. The number of aliphatic hydroxyl groups excluding tert-OH is 1. The van der Waals surface area contributed by atoms with Gasteiger partial charge in [-0.2, -0.15) is 0 Å². The molecule has 1 aliphatic heterocycles. The Hall–Kier alpha value is -0.800. The molecule has 0 saturated carbocycles. The summed E-state index contributed by atoms with van der Waals surface area (Å²) in [7, 11) is 0. The van der Waals surface area contributed by atoms with Gasteiger partial charge in [-0.1, -0.05) is 0 Å². The number of rotatable bonds is 3. The zero-order chi connectivity index (χ0) is 10.0. The highest BCUT2D eigenvalue weighted by Crippen LogP contribution is 2.26. The van der Waals surface area contributed by atoms with Crippen molar-refractivity contribution >= 4 is 0 Å². The predicted molar refractivity (Wildman–Crippen MR) is 54.0 cm³/mol. The van der Waals surface area contributed by atoms with Crippen LogP contribution in [0.3, 0.4) is 0 Å². The molecular weight excluding hydrogens is 178 g/mol. The van der Waals surface area contributed by atoms with Crippen molar-refractivity contribution in [3.8, 4) is 0 Å². The zero-order valence-corrected chi connectivity index (χ0v) is 8.49. The van der Waals surface area contributed by atoms with E-state index in [9.17, 15) is 5.11 Å². The quantitative estimate of drug-likeness (QED) is 0.761. The summed E-state index contributed by atoms with van der Waals surface area (Å²) >= 11 is 0. The molecule has 0 aromatic carbocycles. The van der Waals surface area contributed by atoms with E-state index < -0.39 is 0 Å². The monoisotopic (exact) mass is 195 g/mol. The third-order valence-corrected chi connectivity index (χ3v) is 2.98. The minimum absolute atomic E-state index is 0.0861. The van der Waals surface area contributed by atoms with Gasteiger partial charge >= 0.3 is 0 Å². The van der Waals surface area contributed by atoms with E-state index >= 15 is 0 Å². The first-order chi connectivity index (χ1) is 6.72. The standard InChI is InChI=1S/C11H17NO2/c1-11(8-13)6-9(7-12-11)5-10-3-2-4-14-10/h2-4,9,12-13H,5-8H2,1H3. The SMILES string of the molecule is CC1(CO)CC(Cc2ccco2)CN1. The fraction of sp³-hybridized carbons (Fsp3) is 0.636. The average molecular weight is 195 g/mol. The molecule has 1 aromatic rings. The van der Waals surface area contributed by atoms with E-state index in [0.29, 0.717) is 5.92 Å². The Morgan fingerprint density at radius 2 is 2.57 bits per heavy atom. The van der Waals surface area contributed by atoms with Crippen molar-refractivity contribution in [1.29, 1.82) is 0 Å². The lowest BCUT2D eigenvalue weighted by molar-refractivity contribution is 0.188. The number of hydrogen-bond acceptors (Lipinski definition) is 3. The van der Waals surface area contributed by atoms with Crippen molar-refractivity contribution in [3.05, 3.63) is 24.2 Å². The van der Waals surface area contributed by atoms with E-state index in [2.05, 4.69) is 12.2 Å². The Morgan fingerprint density at radius 3 is 3.14 bits per heavy atom. The largest absolute Gasteiger partial charge is 0.469 e. The first-order valence-electron chi connectivity index (χ1n) is 5.10. The summed E-state index contributed by atoms with van der Waals surface area (Å²) in [6, 6.07) is 3.93. The summed E-state index contributed by atoms with van der Waals surface area (Å²) in [6.07, 6.45) is 3.70. The molecule has 2 N–H and O–H groups in total. The van der Waals surface area contributed by atoms with Crippen molar-refractivity contribution in [2.75, 3.05) is 13.2 Å². The summed E-state index contributed by atoms with van der Waals surface area (Å²) in [5, 5.41) is 12.5. The van der Waals surface area contributed by atoms with Crippen LogP contribution in [-0.2, 0) is 6.42 Å². The van der Waals surface area contributed by atoms with Crippen LogP contribution < -0.4 is 5.32 Å². The van der Waals surface area contributed by atoms with Crippen LogP contribution in [-0.4, -0.2) is 23.8 Å². The van der Waals surface area contributed by atoms with E-state index in [1.54, 1.807) is 6.26 Å². The lowest BCUT2D eigenvalue weighted by atomic mass is 9.93. The van der Waals surface area contributed by atoms with E-state index in [-0.39, 0.29) is 12.1 Å². The van der Waals surface area contributed by atoms with Crippen LogP contribution in [0.4, 0.5) is 0 Å². The van der Waals surface area contributed by atoms with E-state index in [1.165, 1.54) is 0 Å². The van der Waals surface area contributed by atoms with Gasteiger partial charge in [0, 0.05) is 12.0 Å². The second kappa shape index (κ2) is 3.75. The van der Waals surface area contributed by atoms with Crippen LogP contribution >= 0.6 is 0 Å². The lowest BCUT2D eigenvalue weighted by Crippen LogP contribution is -2.39. The molecule has 1 aromatic heterocycles. The molecule has 1 saturated heterocycles. The molecular formula is C11H17NO2. The van der Waals surface area contributed by atoms with Gasteiger partial charge in [-0.25, -0.2) is 0 Å². The van der Waals surface area contributed by atoms with Crippen LogP contribution in [0.15, 0.2) is 22.8 Å². The van der Waals surface area contributed by atoms with Gasteiger partial charge in [-0.3, -0.25) is 0 Å². The fourth-order valence-corrected chi connectivity index (χ4v) is 2.15. The number of nitrogens with one attached hydrogen (secondary N) is 1. The molecule has 2 unspecified atom stereocenters. The zero-order valence-electron chi connectivity index (χ0n) is 8.49. The molecule has 0 amide bonds. The Labute approximate surface area is 84.1 Å². The molecule has 0 radical (unpaired) electrons. The summed E-state index contributed by atoms with van der Waals surface area (Å²) in [5.74, 6) is 1.62. The Balaban J connectivity index is 1.90. The molecule has 3 nitrogen and oxygen atoms in total. The Morgan fingerprint density at radius 1 is 1.71 bits per heavy atom. The summed E-state index contributed by atoms with van der Waals surface area (Å²) in [6.45, 7) is 3.24. The van der Waals surface area contributed by atoms with Crippen molar-refractivity contribution in [2.24, 2.45) is 5.92 Å². The van der Waals surface area contributed by atoms with E-state index in [0.717, 1.165) is 25.1 Å². The maximum atomic E-state index is 9.18. The van der Waals surface area contributed by atoms with Gasteiger partial charge < -0.3 is 14.8 Å². The maximum Gasteiger partial charge on any atom is 0.104 e. The normalized spacial score (nSPS) is 32.3. The van der Waals surface area contributed by atoms with Crippen molar-refractivity contribution in [3.63, 3.8) is 0 Å².